The fourth-order valence-corrected chi connectivity index (χ4v) is 3.37. The molecular weight excluding hydrogens is 332 g/mol. The summed E-state index contributed by atoms with van der Waals surface area (Å²) in [5, 5.41) is 20.7. The first-order valence-electron chi connectivity index (χ1n) is 8.30. The third kappa shape index (κ3) is 2.83. The maximum Gasteiger partial charge on any atom is 0.269 e. The van der Waals surface area contributed by atoms with E-state index in [4.69, 9.17) is 0 Å². The summed E-state index contributed by atoms with van der Waals surface area (Å²) < 4.78 is 0. The summed E-state index contributed by atoms with van der Waals surface area (Å²) in [6, 6.07) is 14.1. The zero-order valence-electron chi connectivity index (χ0n) is 13.8. The van der Waals surface area contributed by atoms with E-state index in [0.717, 1.165) is 18.4 Å². The highest BCUT2D eigenvalue weighted by atomic mass is 16.6. The molecule has 1 aliphatic rings. The fourth-order valence-electron chi connectivity index (χ4n) is 3.37. The first-order valence-corrected chi connectivity index (χ1v) is 8.30. The Labute approximate surface area is 149 Å². The summed E-state index contributed by atoms with van der Waals surface area (Å²) in [6.45, 7) is 0. The molecule has 0 aliphatic heterocycles. The number of nitro benzene ring substituents is 1. The molecule has 1 aliphatic carbocycles. The lowest BCUT2D eigenvalue weighted by Crippen LogP contribution is -2.27. The number of aromatic amines is 1. The monoisotopic (exact) mass is 348 g/mol. The van der Waals surface area contributed by atoms with Crippen LogP contribution in [0.4, 0.5) is 5.69 Å². The number of nitrogens with zero attached hydrogens (tertiary/aromatic N) is 2. The molecule has 3 aromatic rings. The van der Waals surface area contributed by atoms with Crippen molar-refractivity contribution in [3.63, 3.8) is 0 Å². The SMILES string of the molecule is O=C(N[C@@H]1CCc2ccccc21)c1cn[nH]c1-c1ccc([N+](=O)[O-])cc1. The molecular formula is C19H16N4O3. The van der Waals surface area contributed by atoms with Crippen molar-refractivity contribution in [2.24, 2.45) is 0 Å². The number of carbonyl (C=O) groups excluding carboxylic acids is 1. The van der Waals surface area contributed by atoms with Crippen LogP contribution in [0.25, 0.3) is 11.3 Å². The van der Waals surface area contributed by atoms with Gasteiger partial charge in [-0.15, -0.1) is 0 Å². The lowest BCUT2D eigenvalue weighted by atomic mass is 10.1. The van der Waals surface area contributed by atoms with E-state index in [0.29, 0.717) is 16.8 Å². The van der Waals surface area contributed by atoms with Crippen LogP contribution in [0.1, 0.15) is 33.9 Å². The largest absolute Gasteiger partial charge is 0.345 e. The Kier molecular flexibility index (Phi) is 3.96. The highest BCUT2D eigenvalue weighted by Gasteiger charge is 2.25. The van der Waals surface area contributed by atoms with Crippen molar-refractivity contribution in [3.8, 4) is 11.3 Å². The van der Waals surface area contributed by atoms with Crippen molar-refractivity contribution < 1.29 is 9.72 Å². The molecule has 26 heavy (non-hydrogen) atoms. The minimum absolute atomic E-state index is 0.00169. The second kappa shape index (κ2) is 6.44. The highest BCUT2D eigenvalue weighted by Crippen LogP contribution is 2.31. The summed E-state index contributed by atoms with van der Waals surface area (Å²) in [7, 11) is 0. The molecule has 7 nitrogen and oxygen atoms in total. The summed E-state index contributed by atoms with van der Waals surface area (Å²) in [5.74, 6) is -0.214. The normalized spacial score (nSPS) is 15.5. The zero-order chi connectivity index (χ0) is 18.1. The van der Waals surface area contributed by atoms with Crippen LogP contribution in [0.5, 0.6) is 0 Å². The van der Waals surface area contributed by atoms with Crippen molar-refractivity contribution in [2.75, 3.05) is 0 Å². The number of hydrogen-bond donors (Lipinski definition) is 2. The molecule has 2 N–H and O–H groups in total. The molecule has 0 spiro atoms. The van der Waals surface area contributed by atoms with Crippen LogP contribution in [-0.2, 0) is 6.42 Å². The van der Waals surface area contributed by atoms with E-state index in [-0.39, 0.29) is 17.6 Å². The fraction of sp³-hybridized carbons (Fsp3) is 0.158. The van der Waals surface area contributed by atoms with Crippen LogP contribution in [0.15, 0.2) is 54.7 Å². The van der Waals surface area contributed by atoms with Gasteiger partial charge in [-0.3, -0.25) is 20.0 Å². The van der Waals surface area contributed by atoms with Gasteiger partial charge in [-0.05, 0) is 36.1 Å². The maximum atomic E-state index is 12.8. The topological polar surface area (TPSA) is 101 Å². The van der Waals surface area contributed by atoms with Gasteiger partial charge in [0.05, 0.1) is 28.4 Å². The van der Waals surface area contributed by atoms with Gasteiger partial charge in [-0.25, -0.2) is 0 Å². The van der Waals surface area contributed by atoms with Gasteiger partial charge in [0.1, 0.15) is 0 Å². The summed E-state index contributed by atoms with van der Waals surface area (Å²) in [5.41, 5.74) is 4.06. The Morgan fingerprint density at radius 2 is 1.96 bits per heavy atom. The standard InChI is InChI=1S/C19H16N4O3/c24-19(21-17-10-7-12-3-1-2-4-15(12)17)16-11-20-22-18(16)13-5-8-14(9-6-13)23(25)26/h1-6,8-9,11,17H,7,10H2,(H,20,22)(H,21,24)/t17-/m1/s1. The van der Waals surface area contributed by atoms with Crippen molar-refractivity contribution in [2.45, 2.75) is 18.9 Å². The molecule has 1 heterocycles. The number of amides is 1. The van der Waals surface area contributed by atoms with E-state index in [9.17, 15) is 14.9 Å². The number of non-ortho nitro benzene ring substituents is 1. The van der Waals surface area contributed by atoms with E-state index >= 15 is 0 Å². The average Bonchev–Trinajstić information content (AvgIpc) is 3.29. The van der Waals surface area contributed by atoms with Crippen molar-refractivity contribution in [3.05, 3.63) is 81.5 Å². The lowest BCUT2D eigenvalue weighted by Gasteiger charge is -2.14. The Morgan fingerprint density at radius 1 is 1.19 bits per heavy atom. The smallest absolute Gasteiger partial charge is 0.269 e. The number of carbonyl (C=O) groups is 1. The molecule has 0 fully saturated rings. The minimum Gasteiger partial charge on any atom is -0.345 e. The number of fused-ring (bicyclic) bond motifs is 1. The van der Waals surface area contributed by atoms with Gasteiger partial charge in [0.25, 0.3) is 11.6 Å². The minimum atomic E-state index is -0.456. The highest BCUT2D eigenvalue weighted by molar-refractivity contribution is 6.00. The number of rotatable bonds is 4. The first kappa shape index (κ1) is 16.0. The van der Waals surface area contributed by atoms with Gasteiger partial charge in [0.2, 0.25) is 0 Å². The summed E-state index contributed by atoms with van der Waals surface area (Å²) in [4.78, 5) is 23.1. The van der Waals surface area contributed by atoms with Gasteiger partial charge in [-0.2, -0.15) is 5.10 Å². The van der Waals surface area contributed by atoms with E-state index in [2.05, 4.69) is 21.6 Å². The van der Waals surface area contributed by atoms with E-state index < -0.39 is 4.92 Å². The Bertz CT molecular complexity index is 978. The number of H-pyrrole nitrogens is 1. The molecule has 0 saturated carbocycles. The van der Waals surface area contributed by atoms with E-state index in [1.165, 1.54) is 23.9 Å². The Morgan fingerprint density at radius 3 is 2.73 bits per heavy atom. The van der Waals surface area contributed by atoms with Crippen LogP contribution in [-0.4, -0.2) is 21.0 Å². The number of nitro groups is 1. The first-order chi connectivity index (χ1) is 12.6. The third-order valence-electron chi connectivity index (χ3n) is 4.69. The quantitative estimate of drug-likeness (QED) is 0.557. The molecule has 7 heteroatoms. The average molecular weight is 348 g/mol. The van der Waals surface area contributed by atoms with Crippen LogP contribution >= 0.6 is 0 Å². The number of benzene rings is 2. The number of nitrogens with one attached hydrogen (secondary N) is 2. The number of hydrogen-bond acceptors (Lipinski definition) is 4. The molecule has 0 bridgehead atoms. The van der Waals surface area contributed by atoms with Gasteiger partial charge in [-0.1, -0.05) is 24.3 Å². The van der Waals surface area contributed by atoms with Crippen molar-refractivity contribution >= 4 is 11.6 Å². The van der Waals surface area contributed by atoms with Crippen molar-refractivity contribution in [1.82, 2.24) is 15.5 Å². The predicted molar refractivity (Wildman–Crippen MR) is 95.6 cm³/mol. The third-order valence-corrected chi connectivity index (χ3v) is 4.69. The molecule has 0 unspecified atom stereocenters. The second-order valence-electron chi connectivity index (χ2n) is 6.23. The van der Waals surface area contributed by atoms with Gasteiger partial charge in [0, 0.05) is 17.7 Å². The molecule has 1 atom stereocenters. The van der Waals surface area contributed by atoms with E-state index in [1.807, 2.05) is 18.2 Å². The molecule has 4 rings (SSSR count). The molecule has 0 saturated heterocycles. The second-order valence-corrected chi connectivity index (χ2v) is 6.23. The molecule has 130 valence electrons. The zero-order valence-corrected chi connectivity index (χ0v) is 13.8. The summed E-state index contributed by atoms with van der Waals surface area (Å²) >= 11 is 0. The Balaban J connectivity index is 1.57. The Hall–Kier alpha value is -3.48. The molecule has 1 aromatic heterocycles. The van der Waals surface area contributed by atoms with Crippen molar-refractivity contribution in [1.29, 1.82) is 0 Å². The lowest BCUT2D eigenvalue weighted by molar-refractivity contribution is -0.384. The number of aromatic nitrogens is 2. The maximum absolute atomic E-state index is 12.8. The summed E-state index contributed by atoms with van der Waals surface area (Å²) in [6.07, 6.45) is 3.30. The van der Waals surface area contributed by atoms with Gasteiger partial charge < -0.3 is 5.32 Å². The molecule has 0 radical (unpaired) electrons. The predicted octanol–water partition coefficient (Wildman–Crippen LogP) is 3.40. The van der Waals surface area contributed by atoms with Crippen LogP contribution in [0.3, 0.4) is 0 Å². The van der Waals surface area contributed by atoms with Gasteiger partial charge >= 0.3 is 0 Å². The van der Waals surface area contributed by atoms with Crippen LogP contribution < -0.4 is 5.32 Å². The van der Waals surface area contributed by atoms with Crippen LogP contribution in [0, 0.1) is 10.1 Å². The van der Waals surface area contributed by atoms with Gasteiger partial charge in [0.15, 0.2) is 0 Å². The van der Waals surface area contributed by atoms with E-state index in [1.54, 1.807) is 12.1 Å². The number of aryl methyl sites for hydroxylation is 1. The molecule has 1 amide bonds. The molecule has 2 aromatic carbocycles. The van der Waals surface area contributed by atoms with Crippen LogP contribution in [0.2, 0.25) is 0 Å².